The Labute approximate surface area is 127 Å². The first kappa shape index (κ1) is 17.0. The lowest BCUT2D eigenvalue weighted by Gasteiger charge is -2.14. The van der Waals surface area contributed by atoms with Crippen molar-refractivity contribution in [3.63, 3.8) is 0 Å². The molecule has 0 radical (unpaired) electrons. The maximum Gasteiger partial charge on any atom is 0.238 e. The highest BCUT2D eigenvalue weighted by Gasteiger charge is 2.10. The molecule has 1 aromatic rings. The van der Waals surface area contributed by atoms with Crippen molar-refractivity contribution < 1.29 is 4.79 Å². The van der Waals surface area contributed by atoms with Crippen LogP contribution in [0.2, 0.25) is 0 Å². The second-order valence-electron chi connectivity index (χ2n) is 5.08. The molecule has 1 amide bonds. The summed E-state index contributed by atoms with van der Waals surface area (Å²) >= 11 is 0. The highest BCUT2D eigenvalue weighted by molar-refractivity contribution is 5.92. The van der Waals surface area contributed by atoms with Gasteiger partial charge in [0.15, 0.2) is 0 Å². The highest BCUT2D eigenvalue weighted by atomic mass is 35.5. The van der Waals surface area contributed by atoms with Gasteiger partial charge in [0, 0.05) is 12.2 Å². The second kappa shape index (κ2) is 8.95. The number of likely N-dealkylation sites (N-methyl/N-ethyl adjacent to an activating group) is 1. The van der Waals surface area contributed by atoms with Gasteiger partial charge in [-0.15, -0.1) is 12.4 Å². The largest absolute Gasteiger partial charge is 0.325 e. The number of likely N-dealkylation sites (tertiary alicyclic amines) is 1. The van der Waals surface area contributed by atoms with E-state index in [0.717, 1.165) is 18.7 Å². The summed E-state index contributed by atoms with van der Waals surface area (Å²) in [4.78, 5) is 14.0. The van der Waals surface area contributed by atoms with Crippen LogP contribution in [0.1, 0.15) is 18.4 Å². The van der Waals surface area contributed by atoms with Gasteiger partial charge in [0.25, 0.3) is 0 Å². The van der Waals surface area contributed by atoms with Crippen LogP contribution in [0.15, 0.2) is 24.3 Å². The summed E-state index contributed by atoms with van der Waals surface area (Å²) in [6, 6.07) is 8.15. The Hall–Kier alpha value is -1.10. The Balaban J connectivity index is 0.00000200. The van der Waals surface area contributed by atoms with Gasteiger partial charge in [-0.2, -0.15) is 0 Å². The van der Waals surface area contributed by atoms with Gasteiger partial charge in [0.1, 0.15) is 0 Å². The molecule has 1 heterocycles. The molecule has 20 heavy (non-hydrogen) atoms. The molecule has 1 aliphatic rings. The number of carbonyl (C=O) groups is 1. The Bertz CT molecular complexity index is 419. The van der Waals surface area contributed by atoms with Crippen molar-refractivity contribution in [3.8, 4) is 0 Å². The monoisotopic (exact) mass is 297 g/mol. The molecular formula is C15H24ClN3O. The van der Waals surface area contributed by atoms with Crippen LogP contribution in [0.5, 0.6) is 0 Å². The van der Waals surface area contributed by atoms with Crippen molar-refractivity contribution >= 4 is 24.0 Å². The fraction of sp³-hybridized carbons (Fsp3) is 0.533. The second-order valence-corrected chi connectivity index (χ2v) is 5.08. The van der Waals surface area contributed by atoms with E-state index in [-0.39, 0.29) is 18.3 Å². The lowest BCUT2D eigenvalue weighted by Crippen LogP contribution is -2.25. The minimum Gasteiger partial charge on any atom is -0.325 e. The van der Waals surface area contributed by atoms with Gasteiger partial charge in [0.2, 0.25) is 5.91 Å². The molecule has 0 atom stereocenters. The molecule has 1 aromatic carbocycles. The van der Waals surface area contributed by atoms with Crippen LogP contribution in [0.3, 0.4) is 0 Å². The van der Waals surface area contributed by atoms with Crippen LogP contribution in [0, 0.1) is 0 Å². The summed E-state index contributed by atoms with van der Waals surface area (Å²) < 4.78 is 0. The van der Waals surface area contributed by atoms with Crippen LogP contribution in [0.25, 0.3) is 0 Å². The molecule has 112 valence electrons. The summed E-state index contributed by atoms with van der Waals surface area (Å²) in [6.07, 6.45) is 3.72. The lowest BCUT2D eigenvalue weighted by molar-refractivity contribution is -0.115. The average molecular weight is 298 g/mol. The number of carbonyl (C=O) groups excluding carboxylic acids is 1. The maximum atomic E-state index is 11.5. The number of amides is 1. The van der Waals surface area contributed by atoms with E-state index >= 15 is 0 Å². The van der Waals surface area contributed by atoms with E-state index in [1.807, 2.05) is 12.1 Å². The first-order chi connectivity index (χ1) is 9.28. The summed E-state index contributed by atoms with van der Waals surface area (Å²) in [5.74, 6) is -0.000747. The zero-order chi connectivity index (χ0) is 13.5. The van der Waals surface area contributed by atoms with Gasteiger partial charge in [-0.1, -0.05) is 12.1 Å². The Morgan fingerprint density at radius 3 is 2.75 bits per heavy atom. The first-order valence-electron chi connectivity index (χ1n) is 7.03. The van der Waals surface area contributed by atoms with E-state index in [4.69, 9.17) is 0 Å². The molecule has 5 heteroatoms. The smallest absolute Gasteiger partial charge is 0.238 e. The normalized spacial score (nSPS) is 14.8. The summed E-state index contributed by atoms with van der Waals surface area (Å²) in [6.45, 7) is 3.93. The van der Waals surface area contributed by atoms with Gasteiger partial charge in [-0.3, -0.25) is 4.79 Å². The number of benzene rings is 1. The van der Waals surface area contributed by atoms with Crippen molar-refractivity contribution in [3.05, 3.63) is 29.8 Å². The molecule has 0 aromatic heterocycles. The highest BCUT2D eigenvalue weighted by Crippen LogP contribution is 2.13. The molecule has 4 nitrogen and oxygen atoms in total. The SMILES string of the molecule is CNCC(=O)Nc1cccc(CCN2CCCC2)c1.Cl. The third kappa shape index (κ3) is 5.49. The quantitative estimate of drug-likeness (QED) is 0.843. The third-order valence-electron chi connectivity index (χ3n) is 3.46. The van der Waals surface area contributed by atoms with Gasteiger partial charge >= 0.3 is 0 Å². The van der Waals surface area contributed by atoms with Crippen LogP contribution in [0.4, 0.5) is 5.69 Å². The molecule has 2 N–H and O–H groups in total. The zero-order valence-corrected chi connectivity index (χ0v) is 12.8. The van der Waals surface area contributed by atoms with Crippen molar-refractivity contribution in [2.45, 2.75) is 19.3 Å². The Morgan fingerprint density at radius 2 is 2.05 bits per heavy atom. The van der Waals surface area contributed by atoms with Crippen LogP contribution < -0.4 is 10.6 Å². The van der Waals surface area contributed by atoms with Crippen LogP contribution >= 0.6 is 12.4 Å². The summed E-state index contributed by atoms with van der Waals surface area (Å²) in [5, 5.41) is 5.74. The van der Waals surface area contributed by atoms with E-state index < -0.39 is 0 Å². The van der Waals surface area contributed by atoms with Gasteiger partial charge in [-0.05, 0) is 57.1 Å². The van der Waals surface area contributed by atoms with Crippen molar-refractivity contribution in [1.29, 1.82) is 0 Å². The number of anilines is 1. The number of rotatable bonds is 6. The van der Waals surface area contributed by atoms with Crippen molar-refractivity contribution in [2.24, 2.45) is 0 Å². The topological polar surface area (TPSA) is 44.4 Å². The maximum absolute atomic E-state index is 11.5. The van der Waals surface area contributed by atoms with E-state index in [9.17, 15) is 4.79 Å². The average Bonchev–Trinajstić information content (AvgIpc) is 2.90. The van der Waals surface area contributed by atoms with Crippen molar-refractivity contribution in [1.82, 2.24) is 10.2 Å². The number of hydrogen-bond donors (Lipinski definition) is 2. The van der Waals surface area contributed by atoms with E-state index in [1.165, 1.54) is 31.5 Å². The molecule has 0 unspecified atom stereocenters. The standard InChI is InChI=1S/C15H23N3O.ClH/c1-16-12-15(19)17-14-6-4-5-13(11-14)7-10-18-8-2-3-9-18;/h4-6,11,16H,2-3,7-10,12H2,1H3,(H,17,19);1H. The van der Waals surface area contributed by atoms with E-state index in [0.29, 0.717) is 6.54 Å². The number of hydrogen-bond acceptors (Lipinski definition) is 3. The predicted molar refractivity (Wildman–Crippen MR) is 85.6 cm³/mol. The Morgan fingerprint density at radius 1 is 1.30 bits per heavy atom. The summed E-state index contributed by atoms with van der Waals surface area (Å²) in [5.41, 5.74) is 2.17. The number of halogens is 1. The molecule has 1 saturated heterocycles. The van der Waals surface area contributed by atoms with Gasteiger partial charge in [0.05, 0.1) is 6.54 Å². The molecule has 0 saturated carbocycles. The number of nitrogens with one attached hydrogen (secondary N) is 2. The molecule has 0 spiro atoms. The molecule has 0 aliphatic carbocycles. The Kier molecular flexibility index (Phi) is 7.59. The van der Waals surface area contributed by atoms with Gasteiger partial charge in [-0.25, -0.2) is 0 Å². The lowest BCUT2D eigenvalue weighted by atomic mass is 10.1. The van der Waals surface area contributed by atoms with Crippen LogP contribution in [-0.2, 0) is 11.2 Å². The zero-order valence-electron chi connectivity index (χ0n) is 12.0. The van der Waals surface area contributed by atoms with Gasteiger partial charge < -0.3 is 15.5 Å². The van der Waals surface area contributed by atoms with Crippen LogP contribution in [-0.4, -0.2) is 44.0 Å². The molecule has 1 fully saturated rings. The first-order valence-corrected chi connectivity index (χ1v) is 7.03. The molecular weight excluding hydrogens is 274 g/mol. The molecule has 0 bridgehead atoms. The fourth-order valence-corrected chi connectivity index (χ4v) is 2.46. The van der Waals surface area contributed by atoms with Crippen molar-refractivity contribution in [2.75, 3.05) is 38.5 Å². The predicted octanol–water partition coefficient (Wildman–Crippen LogP) is 1.90. The minimum atomic E-state index is -0.000747. The fourth-order valence-electron chi connectivity index (χ4n) is 2.46. The number of nitrogens with zero attached hydrogens (tertiary/aromatic N) is 1. The minimum absolute atomic E-state index is 0. The molecule has 1 aliphatic heterocycles. The van der Waals surface area contributed by atoms with E-state index in [2.05, 4.69) is 27.7 Å². The molecule has 2 rings (SSSR count). The summed E-state index contributed by atoms with van der Waals surface area (Å²) in [7, 11) is 1.77. The van der Waals surface area contributed by atoms with E-state index in [1.54, 1.807) is 7.05 Å². The third-order valence-corrected chi connectivity index (χ3v) is 3.46.